The van der Waals surface area contributed by atoms with Crippen molar-refractivity contribution in [1.82, 2.24) is 0 Å². The Bertz CT molecular complexity index is 520. The third kappa shape index (κ3) is 1.88. The number of rotatable bonds is 2. The highest BCUT2D eigenvalue weighted by Crippen LogP contribution is 2.36. The number of carbonyl (C=O) groups excluding carboxylic acids is 1. The molecule has 0 radical (unpaired) electrons. The second-order valence-electron chi connectivity index (χ2n) is 5.02. The predicted octanol–water partition coefficient (Wildman–Crippen LogP) is 2.07. The third-order valence-corrected chi connectivity index (χ3v) is 3.64. The number of amides is 1. The van der Waals surface area contributed by atoms with Gasteiger partial charge in [0.05, 0.1) is 5.56 Å². The zero-order valence-electron chi connectivity index (χ0n) is 10.1. The Morgan fingerprint density at radius 1 is 1.28 bits per heavy atom. The molecule has 0 spiro atoms. The number of hydrogen-bond acceptors (Lipinski definition) is 2. The molecule has 1 aromatic carbocycles. The lowest BCUT2D eigenvalue weighted by Crippen LogP contribution is -2.36. The smallest absolute Gasteiger partial charge is 0.335 e. The van der Waals surface area contributed by atoms with Crippen LogP contribution in [-0.4, -0.2) is 23.5 Å². The number of carboxylic acids is 1. The average Bonchev–Trinajstić information content (AvgIpc) is 3.20. The van der Waals surface area contributed by atoms with E-state index in [1.54, 1.807) is 17.0 Å². The normalized spacial score (nSPS) is 18.3. The Morgan fingerprint density at radius 2 is 2.06 bits per heavy atom. The van der Waals surface area contributed by atoms with Crippen molar-refractivity contribution < 1.29 is 14.7 Å². The maximum absolute atomic E-state index is 12.2. The summed E-state index contributed by atoms with van der Waals surface area (Å²) < 4.78 is 0. The highest BCUT2D eigenvalue weighted by Gasteiger charge is 2.35. The van der Waals surface area contributed by atoms with Gasteiger partial charge in [0.25, 0.3) is 0 Å². The fourth-order valence-corrected chi connectivity index (χ4v) is 2.49. The molecule has 0 aromatic heterocycles. The molecular formula is C14H15NO3. The van der Waals surface area contributed by atoms with Crippen molar-refractivity contribution in [2.75, 3.05) is 11.4 Å². The van der Waals surface area contributed by atoms with E-state index in [9.17, 15) is 9.59 Å². The molecule has 1 heterocycles. The predicted molar refractivity (Wildman–Crippen MR) is 66.8 cm³/mol. The van der Waals surface area contributed by atoms with Crippen molar-refractivity contribution >= 4 is 17.6 Å². The second-order valence-corrected chi connectivity index (χ2v) is 5.02. The number of nitrogens with zero attached hydrogens (tertiary/aromatic N) is 1. The van der Waals surface area contributed by atoms with Gasteiger partial charge in [-0.15, -0.1) is 0 Å². The number of carboxylic acid groups (broad SMARTS) is 1. The highest BCUT2D eigenvalue weighted by atomic mass is 16.4. The van der Waals surface area contributed by atoms with Gasteiger partial charge in [0.15, 0.2) is 0 Å². The minimum atomic E-state index is -0.942. The Hall–Kier alpha value is -1.84. The molecule has 4 heteroatoms. The SMILES string of the molecule is O=C(O)c1ccc2c(c1)N(C(=O)C1CC1)CCC2. The quantitative estimate of drug-likeness (QED) is 0.867. The van der Waals surface area contributed by atoms with Crippen molar-refractivity contribution in [2.45, 2.75) is 25.7 Å². The lowest BCUT2D eigenvalue weighted by Gasteiger charge is -2.30. The Labute approximate surface area is 105 Å². The molecular weight excluding hydrogens is 230 g/mol. The summed E-state index contributed by atoms with van der Waals surface area (Å²) in [6.45, 7) is 0.714. The summed E-state index contributed by atoms with van der Waals surface area (Å²) in [7, 11) is 0. The zero-order valence-corrected chi connectivity index (χ0v) is 10.1. The van der Waals surface area contributed by atoms with Crippen molar-refractivity contribution in [3.8, 4) is 0 Å². The highest BCUT2D eigenvalue weighted by molar-refractivity contribution is 5.99. The summed E-state index contributed by atoms with van der Waals surface area (Å²) in [5, 5.41) is 9.03. The fraction of sp³-hybridized carbons (Fsp3) is 0.429. The molecule has 0 unspecified atom stereocenters. The minimum absolute atomic E-state index is 0.165. The molecule has 1 aromatic rings. The van der Waals surface area contributed by atoms with Gasteiger partial charge >= 0.3 is 5.97 Å². The average molecular weight is 245 g/mol. The van der Waals surface area contributed by atoms with Gasteiger partial charge in [-0.25, -0.2) is 4.79 Å². The van der Waals surface area contributed by atoms with E-state index >= 15 is 0 Å². The van der Waals surface area contributed by atoms with Crippen LogP contribution in [0.1, 0.15) is 35.2 Å². The lowest BCUT2D eigenvalue weighted by molar-refractivity contribution is -0.119. The van der Waals surface area contributed by atoms with Gasteiger partial charge in [0.1, 0.15) is 0 Å². The van der Waals surface area contributed by atoms with Crippen LogP contribution in [0, 0.1) is 5.92 Å². The molecule has 0 atom stereocenters. The van der Waals surface area contributed by atoms with Crippen molar-refractivity contribution in [1.29, 1.82) is 0 Å². The van der Waals surface area contributed by atoms with Crippen LogP contribution >= 0.6 is 0 Å². The van der Waals surface area contributed by atoms with Gasteiger partial charge in [-0.2, -0.15) is 0 Å². The van der Waals surface area contributed by atoms with Crippen LogP contribution < -0.4 is 4.90 Å². The van der Waals surface area contributed by atoms with E-state index in [0.717, 1.165) is 36.9 Å². The first kappa shape index (κ1) is 11.3. The van der Waals surface area contributed by atoms with E-state index in [1.165, 1.54) is 0 Å². The van der Waals surface area contributed by atoms with E-state index in [2.05, 4.69) is 0 Å². The molecule has 1 amide bonds. The fourth-order valence-electron chi connectivity index (χ4n) is 2.49. The molecule has 1 aliphatic heterocycles. The van der Waals surface area contributed by atoms with Gasteiger partial charge in [-0.3, -0.25) is 4.79 Å². The molecule has 1 saturated carbocycles. The Morgan fingerprint density at radius 3 is 2.72 bits per heavy atom. The first-order valence-electron chi connectivity index (χ1n) is 6.34. The van der Waals surface area contributed by atoms with Crippen LogP contribution in [0.3, 0.4) is 0 Å². The van der Waals surface area contributed by atoms with E-state index in [-0.39, 0.29) is 17.4 Å². The molecule has 94 valence electrons. The van der Waals surface area contributed by atoms with Gasteiger partial charge in [0.2, 0.25) is 5.91 Å². The maximum atomic E-state index is 12.2. The number of aromatic carboxylic acids is 1. The second kappa shape index (κ2) is 4.12. The summed E-state index contributed by atoms with van der Waals surface area (Å²) in [4.78, 5) is 25.0. The largest absolute Gasteiger partial charge is 0.478 e. The summed E-state index contributed by atoms with van der Waals surface area (Å²) in [5.41, 5.74) is 2.14. The zero-order chi connectivity index (χ0) is 12.7. The number of aryl methyl sites for hydroxylation is 1. The summed E-state index contributed by atoms with van der Waals surface area (Å²) in [5.74, 6) is -0.606. The standard InChI is InChI=1S/C14H15NO3/c16-13(10-4-5-10)15-7-1-2-9-3-6-11(14(17)18)8-12(9)15/h3,6,8,10H,1-2,4-5,7H2,(H,17,18). The number of benzene rings is 1. The first-order chi connectivity index (χ1) is 8.66. The number of fused-ring (bicyclic) bond motifs is 1. The molecule has 0 bridgehead atoms. The van der Waals surface area contributed by atoms with Crippen LogP contribution in [0.2, 0.25) is 0 Å². The van der Waals surface area contributed by atoms with Crippen LogP contribution in [0.5, 0.6) is 0 Å². The van der Waals surface area contributed by atoms with Crippen LogP contribution in [0.15, 0.2) is 18.2 Å². The van der Waals surface area contributed by atoms with Gasteiger partial charge in [0, 0.05) is 18.2 Å². The third-order valence-electron chi connectivity index (χ3n) is 3.64. The van der Waals surface area contributed by atoms with Crippen LogP contribution in [-0.2, 0) is 11.2 Å². The molecule has 1 fully saturated rings. The van der Waals surface area contributed by atoms with Crippen molar-refractivity contribution in [3.63, 3.8) is 0 Å². The molecule has 1 aliphatic carbocycles. The topological polar surface area (TPSA) is 57.6 Å². The molecule has 18 heavy (non-hydrogen) atoms. The van der Waals surface area contributed by atoms with E-state index in [1.807, 2.05) is 6.07 Å². The number of carbonyl (C=O) groups is 2. The minimum Gasteiger partial charge on any atom is -0.478 e. The molecule has 2 aliphatic rings. The molecule has 4 nitrogen and oxygen atoms in total. The Balaban J connectivity index is 1.99. The summed E-state index contributed by atoms with van der Waals surface area (Å²) >= 11 is 0. The lowest BCUT2D eigenvalue weighted by atomic mass is 9.99. The van der Waals surface area contributed by atoms with Gasteiger partial charge in [-0.05, 0) is 43.4 Å². The van der Waals surface area contributed by atoms with E-state index in [4.69, 9.17) is 5.11 Å². The molecule has 3 rings (SSSR count). The van der Waals surface area contributed by atoms with Gasteiger partial charge < -0.3 is 10.0 Å². The van der Waals surface area contributed by atoms with Crippen LogP contribution in [0.4, 0.5) is 5.69 Å². The molecule has 0 saturated heterocycles. The van der Waals surface area contributed by atoms with Crippen molar-refractivity contribution in [3.05, 3.63) is 29.3 Å². The maximum Gasteiger partial charge on any atom is 0.335 e. The van der Waals surface area contributed by atoms with E-state index in [0.29, 0.717) is 6.54 Å². The number of anilines is 1. The number of hydrogen-bond donors (Lipinski definition) is 1. The monoisotopic (exact) mass is 245 g/mol. The summed E-state index contributed by atoms with van der Waals surface area (Å²) in [6.07, 6.45) is 3.83. The van der Waals surface area contributed by atoms with Crippen molar-refractivity contribution in [2.24, 2.45) is 5.92 Å². The first-order valence-corrected chi connectivity index (χ1v) is 6.34. The molecule has 1 N–H and O–H groups in total. The van der Waals surface area contributed by atoms with Crippen LogP contribution in [0.25, 0.3) is 0 Å². The Kier molecular flexibility index (Phi) is 2.58. The summed E-state index contributed by atoms with van der Waals surface area (Å²) in [6, 6.07) is 5.09. The van der Waals surface area contributed by atoms with Gasteiger partial charge in [-0.1, -0.05) is 6.07 Å². The van der Waals surface area contributed by atoms with E-state index < -0.39 is 5.97 Å².